The van der Waals surface area contributed by atoms with Crippen LogP contribution in [0.5, 0.6) is 0 Å². The lowest BCUT2D eigenvalue weighted by Crippen LogP contribution is -2.29. The molecule has 0 rings (SSSR count). The number of allylic oxidation sites excluding steroid dienone is 12. The molecule has 2 unspecified atom stereocenters. The molecule has 0 aromatic heterocycles. The number of nitrogens with zero attached hydrogens (tertiary/aromatic N) is 1. The lowest BCUT2D eigenvalue weighted by molar-refractivity contribution is -0.161. The van der Waals surface area contributed by atoms with E-state index in [4.69, 9.17) is 18.5 Å². The molecule has 0 aliphatic carbocycles. The molecule has 2 atom stereocenters. The summed E-state index contributed by atoms with van der Waals surface area (Å²) in [6.45, 7) is 4.09. The third kappa shape index (κ3) is 39.0. The zero-order valence-corrected chi connectivity index (χ0v) is 34.6. The molecule has 10 heteroatoms. The molecule has 0 spiro atoms. The van der Waals surface area contributed by atoms with Gasteiger partial charge in [0.2, 0.25) is 0 Å². The Labute approximate surface area is 323 Å². The first-order valence-electron chi connectivity index (χ1n) is 20.2. The van der Waals surface area contributed by atoms with Gasteiger partial charge in [0.1, 0.15) is 6.61 Å². The predicted octanol–water partition coefficient (Wildman–Crippen LogP) is 11.3. The summed E-state index contributed by atoms with van der Waals surface area (Å²) in [4.78, 5) is 36.9. The Morgan fingerprint density at radius 3 is 1.64 bits per heavy atom. The van der Waals surface area contributed by atoms with Crippen molar-refractivity contribution in [1.82, 2.24) is 4.90 Å². The molecule has 0 aliphatic rings. The number of hydrogen-bond acceptors (Lipinski definition) is 8. The van der Waals surface area contributed by atoms with E-state index < -0.39 is 32.5 Å². The lowest BCUT2D eigenvalue weighted by Gasteiger charge is -2.20. The number of rotatable bonds is 36. The number of carbonyl (C=O) groups is 2. The third-order valence-corrected chi connectivity index (χ3v) is 8.98. The normalized spacial score (nSPS) is 14.2. The van der Waals surface area contributed by atoms with Crippen LogP contribution >= 0.6 is 7.82 Å². The highest BCUT2D eigenvalue weighted by Crippen LogP contribution is 2.43. The number of ether oxygens (including phenoxy) is 2. The first-order valence-corrected chi connectivity index (χ1v) is 21.7. The number of carbonyl (C=O) groups excluding carboxylic acids is 2. The number of unbranched alkanes of at least 4 members (excludes halogenated alkanes) is 10. The monoisotopic (exact) mass is 764 g/mol. The number of hydrogen-bond donors (Lipinski definition) is 1. The molecule has 0 bridgehead atoms. The van der Waals surface area contributed by atoms with E-state index in [2.05, 4.69) is 86.8 Å². The van der Waals surface area contributed by atoms with Gasteiger partial charge in [-0.15, -0.1) is 0 Å². The van der Waals surface area contributed by atoms with Gasteiger partial charge < -0.3 is 19.3 Å². The van der Waals surface area contributed by atoms with Crippen LogP contribution in [0.2, 0.25) is 0 Å². The predicted molar refractivity (Wildman–Crippen MR) is 220 cm³/mol. The van der Waals surface area contributed by atoms with Crippen LogP contribution in [-0.2, 0) is 32.7 Å². The Kier molecular flexibility index (Phi) is 35.9. The molecule has 0 aromatic rings. The van der Waals surface area contributed by atoms with E-state index in [1.54, 1.807) is 4.90 Å². The first kappa shape index (κ1) is 50.5. The van der Waals surface area contributed by atoms with Crippen LogP contribution in [-0.4, -0.2) is 68.3 Å². The molecule has 9 nitrogen and oxygen atoms in total. The van der Waals surface area contributed by atoms with E-state index in [1.807, 2.05) is 14.1 Å². The van der Waals surface area contributed by atoms with Crippen molar-refractivity contribution in [3.63, 3.8) is 0 Å². The second-order valence-electron chi connectivity index (χ2n) is 13.4. The Morgan fingerprint density at radius 1 is 0.604 bits per heavy atom. The summed E-state index contributed by atoms with van der Waals surface area (Å²) in [7, 11) is -0.747. The molecular weight excluding hydrogens is 689 g/mol. The second-order valence-corrected chi connectivity index (χ2v) is 14.9. The molecule has 0 heterocycles. The van der Waals surface area contributed by atoms with Gasteiger partial charge in [-0.1, -0.05) is 119 Å². The van der Waals surface area contributed by atoms with Crippen LogP contribution in [0.4, 0.5) is 0 Å². The minimum Gasteiger partial charge on any atom is -0.462 e. The summed E-state index contributed by atoms with van der Waals surface area (Å²) in [6, 6.07) is 0. The van der Waals surface area contributed by atoms with E-state index in [-0.39, 0.29) is 26.1 Å². The summed E-state index contributed by atoms with van der Waals surface area (Å²) >= 11 is 0. The van der Waals surface area contributed by atoms with E-state index >= 15 is 0 Å². The van der Waals surface area contributed by atoms with Crippen molar-refractivity contribution in [2.45, 2.75) is 148 Å². The Morgan fingerprint density at radius 2 is 1.08 bits per heavy atom. The molecule has 1 N–H and O–H groups in total. The van der Waals surface area contributed by atoms with Gasteiger partial charge >= 0.3 is 19.8 Å². The third-order valence-electron chi connectivity index (χ3n) is 8.00. The minimum absolute atomic E-state index is 0.00600. The highest BCUT2D eigenvalue weighted by Gasteiger charge is 2.26. The van der Waals surface area contributed by atoms with Gasteiger partial charge in [0.25, 0.3) is 0 Å². The minimum atomic E-state index is -4.38. The number of likely N-dealkylation sites (N-methyl/N-ethyl adjacent to an activating group) is 1. The van der Waals surface area contributed by atoms with E-state index in [9.17, 15) is 19.0 Å². The molecular formula is C43H74NO8P. The summed E-state index contributed by atoms with van der Waals surface area (Å²) in [5.41, 5.74) is 0. The van der Waals surface area contributed by atoms with Crippen molar-refractivity contribution < 1.29 is 37.6 Å². The van der Waals surface area contributed by atoms with Crippen LogP contribution in [0.1, 0.15) is 142 Å². The summed E-state index contributed by atoms with van der Waals surface area (Å²) < 4.78 is 33.3. The van der Waals surface area contributed by atoms with Gasteiger partial charge in [0.15, 0.2) is 6.10 Å². The van der Waals surface area contributed by atoms with Gasteiger partial charge in [-0.05, 0) is 97.6 Å². The standard InChI is InChI=1S/C43H74NO8P/c1-5-7-9-11-13-15-17-19-21-23-25-27-29-31-33-35-42(45)49-39-41(40-51-53(47,48)50-38-37-44(3)4)52-43(46)36-34-32-30-28-26-24-22-20-18-16-14-12-10-8-6-2/h7,9,13-16,19-22,25,27,41H,5-6,8,10-12,17-18,23-24,26,28-40H2,1-4H3,(H,47,48)/b9-7-,15-13-,16-14-,21-19-,22-20-,27-25-. The van der Waals surface area contributed by atoms with Crippen LogP contribution in [0.3, 0.4) is 0 Å². The van der Waals surface area contributed by atoms with Crippen LogP contribution in [0, 0.1) is 0 Å². The maximum Gasteiger partial charge on any atom is 0.472 e. The smallest absolute Gasteiger partial charge is 0.462 e. The fraction of sp³-hybridized carbons (Fsp3) is 0.674. The van der Waals surface area contributed by atoms with Crippen molar-refractivity contribution in [3.8, 4) is 0 Å². The topological polar surface area (TPSA) is 112 Å². The average Bonchev–Trinajstić information content (AvgIpc) is 3.12. The fourth-order valence-corrected chi connectivity index (χ4v) is 5.62. The van der Waals surface area contributed by atoms with Crippen molar-refractivity contribution in [3.05, 3.63) is 72.9 Å². The fourth-order valence-electron chi connectivity index (χ4n) is 4.88. The molecule has 0 amide bonds. The Balaban J connectivity index is 4.45. The molecule has 0 fully saturated rings. The molecule has 53 heavy (non-hydrogen) atoms. The van der Waals surface area contributed by atoms with Gasteiger partial charge in [0.05, 0.1) is 13.2 Å². The maximum absolute atomic E-state index is 12.6. The molecule has 304 valence electrons. The highest BCUT2D eigenvalue weighted by atomic mass is 31.2. The van der Waals surface area contributed by atoms with Gasteiger partial charge in [-0.2, -0.15) is 0 Å². The van der Waals surface area contributed by atoms with E-state index in [0.29, 0.717) is 19.4 Å². The largest absolute Gasteiger partial charge is 0.472 e. The van der Waals surface area contributed by atoms with E-state index in [1.165, 1.54) is 25.7 Å². The van der Waals surface area contributed by atoms with Gasteiger partial charge in [-0.3, -0.25) is 18.6 Å². The summed E-state index contributed by atoms with van der Waals surface area (Å²) in [5, 5.41) is 0. The number of esters is 2. The summed E-state index contributed by atoms with van der Waals surface area (Å²) in [6.07, 6.45) is 43.8. The lowest BCUT2D eigenvalue weighted by atomic mass is 10.1. The van der Waals surface area contributed by atoms with Crippen molar-refractivity contribution in [2.24, 2.45) is 0 Å². The van der Waals surface area contributed by atoms with Crippen molar-refractivity contribution >= 4 is 19.8 Å². The molecule has 0 radical (unpaired) electrons. The van der Waals surface area contributed by atoms with Gasteiger partial charge in [0, 0.05) is 19.4 Å². The molecule has 0 saturated carbocycles. The van der Waals surface area contributed by atoms with E-state index in [0.717, 1.165) is 77.0 Å². The number of phosphoric acid groups is 1. The van der Waals surface area contributed by atoms with Crippen LogP contribution in [0.25, 0.3) is 0 Å². The quantitative estimate of drug-likeness (QED) is 0.0288. The number of phosphoric ester groups is 1. The van der Waals surface area contributed by atoms with Crippen LogP contribution < -0.4 is 0 Å². The second kappa shape index (κ2) is 37.8. The molecule has 0 saturated heterocycles. The average molecular weight is 764 g/mol. The summed E-state index contributed by atoms with van der Waals surface area (Å²) in [5.74, 6) is -0.876. The SMILES string of the molecule is CC/C=C\C/C=C\C/C=C\C/C=C\CCCCC(=O)OCC(COP(=O)(O)OCCN(C)C)OC(=O)CCCCCCC/C=C\C/C=C\CCCCC. The van der Waals surface area contributed by atoms with Gasteiger partial charge in [-0.25, -0.2) is 4.57 Å². The zero-order chi connectivity index (χ0) is 39.1. The zero-order valence-electron chi connectivity index (χ0n) is 33.7. The maximum atomic E-state index is 12.6. The van der Waals surface area contributed by atoms with Crippen molar-refractivity contribution in [1.29, 1.82) is 0 Å². The van der Waals surface area contributed by atoms with Crippen LogP contribution in [0.15, 0.2) is 72.9 Å². The molecule has 0 aliphatic heterocycles. The van der Waals surface area contributed by atoms with Crippen molar-refractivity contribution in [2.75, 3.05) is 40.5 Å². The molecule has 0 aromatic carbocycles. The Hall–Kier alpha value is -2.55. The highest BCUT2D eigenvalue weighted by molar-refractivity contribution is 7.47. The first-order chi connectivity index (χ1) is 25.7. The Bertz CT molecular complexity index is 1110.